The van der Waals surface area contributed by atoms with E-state index in [1.54, 1.807) is 0 Å². The second-order valence-electron chi connectivity index (χ2n) is 6.93. The highest BCUT2D eigenvalue weighted by atomic mass is 35.5. The number of hydrogen-bond acceptors (Lipinski definition) is 2. The molecule has 0 heterocycles. The molecule has 26 heavy (non-hydrogen) atoms. The second-order valence-corrected chi connectivity index (χ2v) is 6.93. The lowest BCUT2D eigenvalue weighted by Crippen LogP contribution is -2.29. The van der Waals surface area contributed by atoms with Gasteiger partial charge in [0.2, 0.25) is 0 Å². The van der Waals surface area contributed by atoms with Gasteiger partial charge in [-0.1, -0.05) is 72.8 Å². The molecule has 134 valence electrons. The number of rotatable bonds is 4. The van der Waals surface area contributed by atoms with E-state index in [0.29, 0.717) is 6.04 Å². The molecule has 1 unspecified atom stereocenters. The van der Waals surface area contributed by atoms with E-state index in [9.17, 15) is 0 Å². The van der Waals surface area contributed by atoms with Crippen LogP contribution in [0.15, 0.2) is 95.7 Å². The number of nitrogens with one attached hydrogen (secondary N) is 1. The molecular weight excluding hydrogens is 340 g/mol. The maximum absolute atomic E-state index is 3.22. The van der Waals surface area contributed by atoms with Crippen molar-refractivity contribution in [1.29, 1.82) is 0 Å². The third-order valence-corrected chi connectivity index (χ3v) is 5.30. The quantitative estimate of drug-likeness (QED) is 0.869. The van der Waals surface area contributed by atoms with Crippen LogP contribution in [0, 0.1) is 0 Å². The Morgan fingerprint density at radius 2 is 1.46 bits per heavy atom. The van der Waals surface area contributed by atoms with E-state index < -0.39 is 0 Å². The maximum Gasteiger partial charge on any atom is 0.0693 e. The predicted molar refractivity (Wildman–Crippen MR) is 112 cm³/mol. The zero-order valence-corrected chi connectivity index (χ0v) is 16.3. The molecule has 2 nitrogen and oxygen atoms in total. The molecule has 0 bridgehead atoms. The largest absolute Gasteiger partial charge is 0.393 e. The van der Waals surface area contributed by atoms with Crippen LogP contribution in [0.2, 0.25) is 0 Å². The van der Waals surface area contributed by atoms with Crippen LogP contribution in [-0.2, 0) is 5.41 Å². The molecular formula is C23H25ClN2. The van der Waals surface area contributed by atoms with Crippen molar-refractivity contribution >= 4 is 12.4 Å². The van der Waals surface area contributed by atoms with Crippen molar-refractivity contribution in [3.63, 3.8) is 0 Å². The van der Waals surface area contributed by atoms with Crippen molar-refractivity contribution in [2.24, 2.45) is 0 Å². The Kier molecular flexibility index (Phi) is 5.08. The van der Waals surface area contributed by atoms with Gasteiger partial charge in [-0.25, -0.2) is 0 Å². The molecule has 0 radical (unpaired) electrons. The van der Waals surface area contributed by atoms with Crippen LogP contribution in [0.5, 0.6) is 0 Å². The summed E-state index contributed by atoms with van der Waals surface area (Å²) in [6.07, 6.45) is 6.69. The second kappa shape index (κ2) is 7.14. The molecule has 0 amide bonds. The molecule has 2 aromatic carbocycles. The van der Waals surface area contributed by atoms with E-state index in [2.05, 4.69) is 103 Å². The van der Waals surface area contributed by atoms with Gasteiger partial charge < -0.3 is 5.32 Å². The molecule has 0 saturated heterocycles. The number of likely N-dealkylation sites (N-methyl/N-ethyl adjacent to an activating group) is 1. The van der Waals surface area contributed by atoms with E-state index in [-0.39, 0.29) is 17.8 Å². The first kappa shape index (κ1) is 18.5. The molecule has 1 N–H and O–H groups in total. The number of allylic oxidation sites excluding steroid dienone is 3. The Morgan fingerprint density at radius 1 is 0.923 bits per heavy atom. The van der Waals surface area contributed by atoms with Gasteiger partial charge in [-0.3, -0.25) is 4.90 Å². The van der Waals surface area contributed by atoms with E-state index in [0.717, 1.165) is 0 Å². The Labute approximate surface area is 162 Å². The van der Waals surface area contributed by atoms with E-state index in [1.807, 2.05) is 7.05 Å². The van der Waals surface area contributed by atoms with Gasteiger partial charge in [-0.15, -0.1) is 12.4 Å². The number of benzene rings is 2. The standard InChI is InChI=1S/C23H24N2.ClH/c1-24-16-17-14-15-20(25(2)3)22-21(17)23(22,18-10-6-4-7-11-18)19-12-8-5-9-13-19;/h4-16,20,24H,1-3H3;1H. The molecule has 2 aliphatic carbocycles. The Hall–Kier alpha value is -2.29. The fraction of sp³-hybridized carbons (Fsp3) is 0.217. The first-order valence-corrected chi connectivity index (χ1v) is 8.80. The molecule has 0 fully saturated rings. The van der Waals surface area contributed by atoms with Gasteiger partial charge in [0.1, 0.15) is 0 Å². The van der Waals surface area contributed by atoms with Crippen molar-refractivity contribution in [2.75, 3.05) is 21.1 Å². The summed E-state index contributed by atoms with van der Waals surface area (Å²) in [6.45, 7) is 0. The summed E-state index contributed by atoms with van der Waals surface area (Å²) in [5.41, 5.74) is 6.80. The van der Waals surface area contributed by atoms with Crippen molar-refractivity contribution in [3.8, 4) is 0 Å². The number of halogens is 1. The molecule has 2 aliphatic rings. The van der Waals surface area contributed by atoms with Gasteiger partial charge in [0.25, 0.3) is 0 Å². The molecule has 2 aromatic rings. The van der Waals surface area contributed by atoms with Crippen molar-refractivity contribution in [2.45, 2.75) is 11.5 Å². The fourth-order valence-corrected chi connectivity index (χ4v) is 4.27. The highest BCUT2D eigenvalue weighted by Crippen LogP contribution is 2.64. The smallest absolute Gasteiger partial charge is 0.0693 e. The van der Waals surface area contributed by atoms with Gasteiger partial charge in [0, 0.05) is 13.2 Å². The van der Waals surface area contributed by atoms with Crippen LogP contribution in [-0.4, -0.2) is 32.1 Å². The van der Waals surface area contributed by atoms with Gasteiger partial charge in [-0.2, -0.15) is 0 Å². The van der Waals surface area contributed by atoms with Gasteiger partial charge in [0.15, 0.2) is 0 Å². The molecule has 0 spiro atoms. The molecule has 1 atom stereocenters. The Morgan fingerprint density at radius 3 is 1.92 bits per heavy atom. The average Bonchev–Trinajstić information content (AvgIpc) is 3.35. The van der Waals surface area contributed by atoms with E-state index in [4.69, 9.17) is 0 Å². The topological polar surface area (TPSA) is 15.3 Å². The van der Waals surface area contributed by atoms with Crippen LogP contribution in [0.1, 0.15) is 11.1 Å². The summed E-state index contributed by atoms with van der Waals surface area (Å²) >= 11 is 0. The average molecular weight is 365 g/mol. The predicted octanol–water partition coefficient (Wildman–Crippen LogP) is 4.31. The highest BCUT2D eigenvalue weighted by molar-refractivity contribution is 5.85. The van der Waals surface area contributed by atoms with Crippen molar-refractivity contribution < 1.29 is 0 Å². The summed E-state index contributed by atoms with van der Waals surface area (Å²) in [4.78, 5) is 2.30. The van der Waals surface area contributed by atoms with Gasteiger partial charge in [0.05, 0.1) is 11.5 Å². The monoisotopic (exact) mass is 364 g/mol. The van der Waals surface area contributed by atoms with Crippen LogP contribution >= 0.6 is 12.4 Å². The van der Waals surface area contributed by atoms with Crippen LogP contribution in [0.3, 0.4) is 0 Å². The summed E-state index contributed by atoms with van der Waals surface area (Å²) < 4.78 is 0. The number of hydrogen-bond donors (Lipinski definition) is 1. The maximum atomic E-state index is 3.22. The lowest BCUT2D eigenvalue weighted by molar-refractivity contribution is 0.377. The first-order valence-electron chi connectivity index (χ1n) is 8.80. The number of nitrogens with zero attached hydrogens (tertiary/aromatic N) is 1. The minimum absolute atomic E-state index is 0. The Balaban J connectivity index is 0.00000196. The lowest BCUT2D eigenvalue weighted by Gasteiger charge is -2.26. The van der Waals surface area contributed by atoms with Crippen molar-refractivity contribution in [1.82, 2.24) is 10.2 Å². The van der Waals surface area contributed by atoms with Gasteiger partial charge in [-0.05, 0) is 41.9 Å². The molecule has 0 aromatic heterocycles. The van der Waals surface area contributed by atoms with Crippen LogP contribution in [0.25, 0.3) is 0 Å². The Bertz CT molecular complexity index is 824. The fourth-order valence-electron chi connectivity index (χ4n) is 4.27. The SMILES string of the molecule is CNC=C1C=CC(N(C)C)C2=C1C2(c1ccccc1)c1ccccc1.Cl. The third-order valence-electron chi connectivity index (χ3n) is 5.30. The first-order chi connectivity index (χ1) is 12.2. The third kappa shape index (κ3) is 2.61. The molecule has 4 rings (SSSR count). The van der Waals surface area contributed by atoms with Crippen LogP contribution in [0.4, 0.5) is 0 Å². The molecule has 0 aliphatic heterocycles. The molecule has 3 heteroatoms. The minimum atomic E-state index is -0.121. The highest BCUT2D eigenvalue weighted by Gasteiger charge is 2.59. The van der Waals surface area contributed by atoms with Crippen LogP contribution < -0.4 is 5.32 Å². The van der Waals surface area contributed by atoms with Gasteiger partial charge >= 0.3 is 0 Å². The van der Waals surface area contributed by atoms with Crippen molar-refractivity contribution in [3.05, 3.63) is 107 Å². The van der Waals surface area contributed by atoms with E-state index in [1.165, 1.54) is 27.8 Å². The summed E-state index contributed by atoms with van der Waals surface area (Å²) in [5.74, 6) is 0. The minimum Gasteiger partial charge on any atom is -0.393 e. The summed E-state index contributed by atoms with van der Waals surface area (Å²) in [6, 6.07) is 22.1. The van der Waals surface area contributed by atoms with E-state index >= 15 is 0 Å². The summed E-state index contributed by atoms with van der Waals surface area (Å²) in [7, 11) is 6.28. The zero-order valence-electron chi connectivity index (χ0n) is 15.4. The lowest BCUT2D eigenvalue weighted by atomic mass is 9.79. The molecule has 0 saturated carbocycles. The normalized spacial score (nSPS) is 21.4. The summed E-state index contributed by atoms with van der Waals surface area (Å²) in [5, 5.41) is 3.22. The zero-order chi connectivity index (χ0) is 17.4.